The standard InChI is InChI=1S/C17H20N4/c1-17(2,3)15-10-19-8-12-7-11(5-6-13(12)15)14-9-20-21(4)16(14)18/h5-10H,18H2,1-4H3. The first-order valence-corrected chi connectivity index (χ1v) is 7.04. The van der Waals surface area contributed by atoms with E-state index in [0.717, 1.165) is 16.5 Å². The summed E-state index contributed by atoms with van der Waals surface area (Å²) in [5.41, 5.74) is 9.42. The van der Waals surface area contributed by atoms with Crippen LogP contribution in [0.4, 0.5) is 5.82 Å². The van der Waals surface area contributed by atoms with Crippen molar-refractivity contribution in [2.75, 3.05) is 5.73 Å². The Labute approximate surface area is 124 Å². The van der Waals surface area contributed by atoms with Crippen molar-refractivity contribution in [3.05, 3.63) is 42.4 Å². The Bertz CT molecular complexity index is 809. The summed E-state index contributed by atoms with van der Waals surface area (Å²) in [6, 6.07) is 6.38. The molecule has 0 atom stereocenters. The fourth-order valence-electron chi connectivity index (χ4n) is 2.61. The monoisotopic (exact) mass is 280 g/mol. The molecule has 2 aromatic heterocycles. The predicted octanol–water partition coefficient (Wildman–Crippen LogP) is 3.52. The molecule has 0 saturated heterocycles. The minimum atomic E-state index is 0.0708. The number of nitrogen functional groups attached to an aromatic ring is 1. The second-order valence-electron chi connectivity index (χ2n) is 6.44. The van der Waals surface area contributed by atoms with Gasteiger partial charge in [-0.3, -0.25) is 9.67 Å². The van der Waals surface area contributed by atoms with Crippen LogP contribution in [0, 0.1) is 0 Å². The van der Waals surface area contributed by atoms with Crippen LogP contribution < -0.4 is 5.73 Å². The van der Waals surface area contributed by atoms with Crippen LogP contribution in [0.1, 0.15) is 26.3 Å². The van der Waals surface area contributed by atoms with Crippen LogP contribution in [0.25, 0.3) is 21.9 Å². The SMILES string of the molecule is Cn1ncc(-c2ccc3c(C(C)(C)C)cncc3c2)c1N. The number of hydrogen-bond donors (Lipinski definition) is 1. The molecular weight excluding hydrogens is 260 g/mol. The molecule has 108 valence electrons. The number of pyridine rings is 1. The smallest absolute Gasteiger partial charge is 0.129 e. The Morgan fingerprint density at radius 2 is 1.86 bits per heavy atom. The lowest BCUT2D eigenvalue weighted by Crippen LogP contribution is -2.12. The molecule has 0 saturated carbocycles. The average Bonchev–Trinajstić information content (AvgIpc) is 2.77. The number of fused-ring (bicyclic) bond motifs is 1. The van der Waals surface area contributed by atoms with E-state index in [9.17, 15) is 0 Å². The van der Waals surface area contributed by atoms with Crippen molar-refractivity contribution in [3.63, 3.8) is 0 Å². The summed E-state index contributed by atoms with van der Waals surface area (Å²) in [6.07, 6.45) is 5.67. The highest BCUT2D eigenvalue weighted by Crippen LogP contribution is 2.33. The van der Waals surface area contributed by atoms with Crippen LogP contribution in [-0.2, 0) is 12.5 Å². The second-order valence-corrected chi connectivity index (χ2v) is 6.44. The maximum atomic E-state index is 6.06. The van der Waals surface area contributed by atoms with Crippen LogP contribution >= 0.6 is 0 Å². The largest absolute Gasteiger partial charge is 0.383 e. The molecule has 0 aliphatic heterocycles. The van der Waals surface area contributed by atoms with Crippen molar-refractivity contribution in [2.45, 2.75) is 26.2 Å². The maximum absolute atomic E-state index is 6.06. The van der Waals surface area contributed by atoms with Crippen LogP contribution in [0.15, 0.2) is 36.8 Å². The second kappa shape index (κ2) is 4.58. The molecule has 1 aromatic carbocycles. The molecule has 3 aromatic rings. The van der Waals surface area contributed by atoms with Gasteiger partial charge in [-0.2, -0.15) is 5.10 Å². The van der Waals surface area contributed by atoms with Gasteiger partial charge < -0.3 is 5.73 Å². The van der Waals surface area contributed by atoms with E-state index in [1.165, 1.54) is 10.9 Å². The Morgan fingerprint density at radius 1 is 1.10 bits per heavy atom. The van der Waals surface area contributed by atoms with E-state index >= 15 is 0 Å². The molecule has 4 nitrogen and oxygen atoms in total. The number of hydrogen-bond acceptors (Lipinski definition) is 3. The first kappa shape index (κ1) is 13.6. The predicted molar refractivity (Wildman–Crippen MR) is 87.1 cm³/mol. The summed E-state index contributed by atoms with van der Waals surface area (Å²) < 4.78 is 1.68. The van der Waals surface area contributed by atoms with Gasteiger partial charge in [-0.1, -0.05) is 32.9 Å². The zero-order valence-corrected chi connectivity index (χ0v) is 12.9. The highest BCUT2D eigenvalue weighted by molar-refractivity contribution is 5.90. The fourth-order valence-corrected chi connectivity index (χ4v) is 2.61. The molecule has 0 amide bonds. The zero-order valence-electron chi connectivity index (χ0n) is 12.9. The van der Waals surface area contributed by atoms with Gasteiger partial charge in [-0.05, 0) is 28.0 Å². The quantitative estimate of drug-likeness (QED) is 0.742. The highest BCUT2D eigenvalue weighted by Gasteiger charge is 2.17. The molecule has 2 N–H and O–H groups in total. The third-order valence-corrected chi connectivity index (χ3v) is 3.86. The van der Waals surface area contributed by atoms with Gasteiger partial charge in [0.1, 0.15) is 5.82 Å². The van der Waals surface area contributed by atoms with E-state index in [1.54, 1.807) is 10.9 Å². The van der Waals surface area contributed by atoms with Gasteiger partial charge >= 0.3 is 0 Å². The van der Waals surface area contributed by atoms with Gasteiger partial charge in [-0.15, -0.1) is 0 Å². The highest BCUT2D eigenvalue weighted by atomic mass is 15.3. The Hall–Kier alpha value is -2.36. The van der Waals surface area contributed by atoms with Crippen molar-refractivity contribution < 1.29 is 0 Å². The number of nitrogens with two attached hydrogens (primary N) is 1. The Morgan fingerprint density at radius 3 is 2.48 bits per heavy atom. The number of anilines is 1. The molecule has 0 radical (unpaired) electrons. The van der Waals surface area contributed by atoms with Crippen molar-refractivity contribution >= 4 is 16.6 Å². The van der Waals surface area contributed by atoms with Crippen molar-refractivity contribution in [1.29, 1.82) is 0 Å². The number of rotatable bonds is 1. The molecule has 0 unspecified atom stereocenters. The summed E-state index contributed by atoms with van der Waals surface area (Å²) >= 11 is 0. The number of nitrogens with zero attached hydrogens (tertiary/aromatic N) is 3. The summed E-state index contributed by atoms with van der Waals surface area (Å²) in [4.78, 5) is 4.39. The van der Waals surface area contributed by atoms with E-state index in [-0.39, 0.29) is 5.41 Å². The summed E-state index contributed by atoms with van der Waals surface area (Å²) in [5, 5.41) is 6.57. The molecule has 0 spiro atoms. The number of aromatic nitrogens is 3. The van der Waals surface area contributed by atoms with Crippen LogP contribution in [0.2, 0.25) is 0 Å². The summed E-state index contributed by atoms with van der Waals surface area (Å²) in [6.45, 7) is 6.61. The average molecular weight is 280 g/mol. The van der Waals surface area contributed by atoms with E-state index in [1.807, 2.05) is 19.4 Å². The summed E-state index contributed by atoms with van der Waals surface area (Å²) in [5.74, 6) is 0.675. The van der Waals surface area contributed by atoms with Crippen molar-refractivity contribution in [2.24, 2.45) is 7.05 Å². The third-order valence-electron chi connectivity index (χ3n) is 3.86. The lowest BCUT2D eigenvalue weighted by Gasteiger charge is -2.20. The van der Waals surface area contributed by atoms with Crippen molar-refractivity contribution in [3.8, 4) is 11.1 Å². The van der Waals surface area contributed by atoms with E-state index in [0.29, 0.717) is 5.82 Å². The first-order chi connectivity index (χ1) is 9.88. The molecule has 0 fully saturated rings. The maximum Gasteiger partial charge on any atom is 0.129 e. The summed E-state index contributed by atoms with van der Waals surface area (Å²) in [7, 11) is 1.85. The molecule has 0 bridgehead atoms. The number of benzene rings is 1. The molecule has 4 heteroatoms. The Balaban J connectivity index is 2.21. The van der Waals surface area contributed by atoms with Gasteiger partial charge in [0.2, 0.25) is 0 Å². The fraction of sp³-hybridized carbons (Fsp3) is 0.294. The van der Waals surface area contributed by atoms with Gasteiger partial charge in [0.25, 0.3) is 0 Å². The molecular formula is C17H20N4. The molecule has 2 heterocycles. The van der Waals surface area contributed by atoms with Crippen LogP contribution in [0.5, 0.6) is 0 Å². The minimum absolute atomic E-state index is 0.0708. The van der Waals surface area contributed by atoms with Crippen LogP contribution in [-0.4, -0.2) is 14.8 Å². The van der Waals surface area contributed by atoms with Gasteiger partial charge in [0.15, 0.2) is 0 Å². The Kier molecular flexibility index (Phi) is 2.97. The lowest BCUT2D eigenvalue weighted by molar-refractivity contribution is 0.593. The van der Waals surface area contributed by atoms with E-state index < -0.39 is 0 Å². The lowest BCUT2D eigenvalue weighted by atomic mass is 9.85. The zero-order chi connectivity index (χ0) is 15.2. The topological polar surface area (TPSA) is 56.7 Å². The first-order valence-electron chi connectivity index (χ1n) is 7.04. The normalized spacial score (nSPS) is 12.0. The molecule has 3 rings (SSSR count). The molecule has 0 aliphatic rings. The number of aryl methyl sites for hydroxylation is 1. The molecule has 21 heavy (non-hydrogen) atoms. The van der Waals surface area contributed by atoms with Crippen molar-refractivity contribution in [1.82, 2.24) is 14.8 Å². The third kappa shape index (κ3) is 2.27. The minimum Gasteiger partial charge on any atom is -0.383 e. The molecule has 0 aliphatic carbocycles. The van der Waals surface area contributed by atoms with Gasteiger partial charge in [0, 0.05) is 30.4 Å². The van der Waals surface area contributed by atoms with E-state index in [2.05, 4.69) is 49.1 Å². The van der Waals surface area contributed by atoms with Crippen LogP contribution in [0.3, 0.4) is 0 Å². The van der Waals surface area contributed by atoms with E-state index in [4.69, 9.17) is 5.73 Å². The van der Waals surface area contributed by atoms with Gasteiger partial charge in [-0.25, -0.2) is 0 Å². The van der Waals surface area contributed by atoms with Gasteiger partial charge in [0.05, 0.1) is 6.20 Å².